The molecule has 0 saturated carbocycles. The number of hydrogen-bond donors (Lipinski definition) is 2. The Balaban J connectivity index is 1.75. The van der Waals surface area contributed by atoms with Crippen molar-refractivity contribution < 1.29 is 9.90 Å². The number of aromatic nitrogens is 2. The summed E-state index contributed by atoms with van der Waals surface area (Å²) in [6, 6.07) is 5.63. The smallest absolute Gasteiger partial charge is 0.272 e. The molecule has 1 saturated heterocycles. The zero-order chi connectivity index (χ0) is 17.1. The Kier molecular flexibility index (Phi) is 5.11. The molecule has 3 heterocycles. The SMILES string of the molecule is CNc1nc(C)cc(C(=O)N2CCC[C@H]2C[C@@H](O)c2cccs2)n1. The molecule has 7 heteroatoms. The fourth-order valence-corrected chi connectivity index (χ4v) is 3.86. The maximum absolute atomic E-state index is 12.9. The molecule has 6 nitrogen and oxygen atoms in total. The molecule has 2 aromatic heterocycles. The second-order valence-electron chi connectivity index (χ2n) is 6.03. The van der Waals surface area contributed by atoms with Crippen LogP contribution in [0.15, 0.2) is 23.6 Å². The fraction of sp³-hybridized carbons (Fsp3) is 0.471. The highest BCUT2D eigenvalue weighted by molar-refractivity contribution is 7.10. The first-order chi connectivity index (χ1) is 11.6. The minimum absolute atomic E-state index is 0.0444. The first kappa shape index (κ1) is 16.9. The minimum atomic E-state index is -0.525. The van der Waals surface area contributed by atoms with Crippen LogP contribution in [-0.4, -0.2) is 45.5 Å². The first-order valence-corrected chi connectivity index (χ1v) is 9.02. The van der Waals surface area contributed by atoms with Gasteiger partial charge in [-0.05, 0) is 43.7 Å². The van der Waals surface area contributed by atoms with E-state index < -0.39 is 6.10 Å². The topological polar surface area (TPSA) is 78.4 Å². The molecule has 0 bridgehead atoms. The number of rotatable bonds is 5. The molecule has 0 radical (unpaired) electrons. The standard InChI is InChI=1S/C17H22N4O2S/c1-11-9-13(20-17(18-2)19-11)16(23)21-7-3-5-12(21)10-14(22)15-6-4-8-24-15/h4,6,8-9,12,14,22H,3,5,7,10H2,1-2H3,(H,18,19,20)/t12-,14+/m0/s1. The van der Waals surface area contributed by atoms with E-state index in [0.717, 1.165) is 23.4 Å². The molecule has 1 amide bonds. The van der Waals surface area contributed by atoms with Gasteiger partial charge in [-0.15, -0.1) is 11.3 Å². The van der Waals surface area contributed by atoms with Crippen LogP contribution in [0.2, 0.25) is 0 Å². The molecular formula is C17H22N4O2S. The number of aliphatic hydroxyl groups excluding tert-OH is 1. The number of nitrogens with zero attached hydrogens (tertiary/aromatic N) is 3. The van der Waals surface area contributed by atoms with Crippen LogP contribution in [0.3, 0.4) is 0 Å². The Morgan fingerprint density at radius 3 is 3.08 bits per heavy atom. The molecule has 1 fully saturated rings. The Hall–Kier alpha value is -1.99. The van der Waals surface area contributed by atoms with Crippen molar-refractivity contribution in [1.29, 1.82) is 0 Å². The van der Waals surface area contributed by atoms with Gasteiger partial charge in [-0.2, -0.15) is 0 Å². The van der Waals surface area contributed by atoms with Crippen molar-refractivity contribution in [2.75, 3.05) is 18.9 Å². The maximum atomic E-state index is 12.9. The summed E-state index contributed by atoms with van der Waals surface area (Å²) in [6.07, 6.45) is 1.91. The van der Waals surface area contributed by atoms with E-state index in [2.05, 4.69) is 15.3 Å². The Bertz CT molecular complexity index is 705. The summed E-state index contributed by atoms with van der Waals surface area (Å²) in [5.41, 5.74) is 1.16. The normalized spacial score (nSPS) is 18.6. The maximum Gasteiger partial charge on any atom is 0.272 e. The van der Waals surface area contributed by atoms with Crippen LogP contribution >= 0.6 is 11.3 Å². The molecule has 3 rings (SSSR count). The molecular weight excluding hydrogens is 324 g/mol. The molecule has 2 atom stereocenters. The van der Waals surface area contributed by atoms with Crippen LogP contribution < -0.4 is 5.32 Å². The average Bonchev–Trinajstić information content (AvgIpc) is 3.25. The van der Waals surface area contributed by atoms with Gasteiger partial charge < -0.3 is 15.3 Å². The summed E-state index contributed by atoms with van der Waals surface area (Å²) < 4.78 is 0. The Morgan fingerprint density at radius 2 is 2.38 bits per heavy atom. The van der Waals surface area contributed by atoms with Gasteiger partial charge in [0.2, 0.25) is 5.95 Å². The van der Waals surface area contributed by atoms with Crippen LogP contribution in [-0.2, 0) is 0 Å². The number of nitrogens with one attached hydrogen (secondary N) is 1. The fourth-order valence-electron chi connectivity index (χ4n) is 3.14. The summed E-state index contributed by atoms with van der Waals surface area (Å²) in [5, 5.41) is 15.2. The van der Waals surface area contributed by atoms with Crippen molar-refractivity contribution in [1.82, 2.24) is 14.9 Å². The number of aryl methyl sites for hydroxylation is 1. The van der Waals surface area contributed by atoms with Crippen molar-refractivity contribution in [2.45, 2.75) is 38.3 Å². The van der Waals surface area contributed by atoms with Crippen LogP contribution in [0.25, 0.3) is 0 Å². The molecule has 0 aromatic carbocycles. The zero-order valence-corrected chi connectivity index (χ0v) is 14.7. The molecule has 2 aromatic rings. The average molecular weight is 346 g/mol. The number of carbonyl (C=O) groups excluding carboxylic acids is 1. The third-order valence-electron chi connectivity index (χ3n) is 4.30. The lowest BCUT2D eigenvalue weighted by Gasteiger charge is -2.26. The summed E-state index contributed by atoms with van der Waals surface area (Å²) in [4.78, 5) is 24.2. The van der Waals surface area contributed by atoms with E-state index in [1.807, 2.05) is 29.3 Å². The second-order valence-corrected chi connectivity index (χ2v) is 7.01. The van der Waals surface area contributed by atoms with Crippen LogP contribution in [0.4, 0.5) is 5.95 Å². The summed E-state index contributed by atoms with van der Waals surface area (Å²) in [6.45, 7) is 2.56. The number of hydrogen-bond acceptors (Lipinski definition) is 6. The molecule has 1 aliphatic heterocycles. The molecule has 1 aliphatic rings. The highest BCUT2D eigenvalue weighted by Gasteiger charge is 2.32. The Labute approximate surface area is 145 Å². The van der Waals surface area contributed by atoms with E-state index in [0.29, 0.717) is 24.6 Å². The highest BCUT2D eigenvalue weighted by atomic mass is 32.1. The van der Waals surface area contributed by atoms with Crippen LogP contribution in [0, 0.1) is 6.92 Å². The third kappa shape index (κ3) is 3.57. The molecule has 24 heavy (non-hydrogen) atoms. The van der Waals surface area contributed by atoms with Crippen molar-refractivity contribution in [3.05, 3.63) is 39.8 Å². The number of thiophene rings is 1. The van der Waals surface area contributed by atoms with E-state index in [1.165, 1.54) is 0 Å². The lowest BCUT2D eigenvalue weighted by molar-refractivity contribution is 0.0664. The molecule has 0 spiro atoms. The Morgan fingerprint density at radius 1 is 1.54 bits per heavy atom. The molecule has 0 aliphatic carbocycles. The second kappa shape index (κ2) is 7.27. The minimum Gasteiger partial charge on any atom is -0.387 e. The lowest BCUT2D eigenvalue weighted by Crippen LogP contribution is -2.37. The largest absolute Gasteiger partial charge is 0.387 e. The van der Waals surface area contributed by atoms with E-state index >= 15 is 0 Å². The van der Waals surface area contributed by atoms with Crippen molar-refractivity contribution in [3.63, 3.8) is 0 Å². The molecule has 0 unspecified atom stereocenters. The van der Waals surface area contributed by atoms with Crippen LogP contribution in [0.5, 0.6) is 0 Å². The van der Waals surface area contributed by atoms with Gasteiger partial charge in [-0.1, -0.05) is 6.07 Å². The summed E-state index contributed by atoms with van der Waals surface area (Å²) in [7, 11) is 1.74. The first-order valence-electron chi connectivity index (χ1n) is 8.14. The van der Waals surface area contributed by atoms with Gasteiger partial charge >= 0.3 is 0 Å². The number of amides is 1. The van der Waals surface area contributed by atoms with Gasteiger partial charge in [-0.25, -0.2) is 9.97 Å². The molecule has 128 valence electrons. The van der Waals surface area contributed by atoms with Gasteiger partial charge in [0.15, 0.2) is 0 Å². The van der Waals surface area contributed by atoms with Crippen molar-refractivity contribution >= 4 is 23.2 Å². The molecule has 2 N–H and O–H groups in total. The van der Waals surface area contributed by atoms with Gasteiger partial charge in [0, 0.05) is 30.2 Å². The predicted octanol–water partition coefficient (Wildman–Crippen LogP) is 2.62. The quantitative estimate of drug-likeness (QED) is 0.870. The van der Waals surface area contributed by atoms with Gasteiger partial charge in [0.1, 0.15) is 5.69 Å². The number of aliphatic hydroxyl groups is 1. The third-order valence-corrected chi connectivity index (χ3v) is 5.28. The van der Waals surface area contributed by atoms with Gasteiger partial charge in [-0.3, -0.25) is 4.79 Å². The predicted molar refractivity (Wildman–Crippen MR) is 94.3 cm³/mol. The van der Waals surface area contributed by atoms with E-state index in [-0.39, 0.29) is 11.9 Å². The summed E-state index contributed by atoms with van der Waals surface area (Å²) in [5.74, 6) is 0.366. The monoisotopic (exact) mass is 346 g/mol. The van der Waals surface area contributed by atoms with Gasteiger partial charge in [0.25, 0.3) is 5.91 Å². The highest BCUT2D eigenvalue weighted by Crippen LogP contribution is 2.30. The van der Waals surface area contributed by atoms with E-state index in [1.54, 1.807) is 24.5 Å². The van der Waals surface area contributed by atoms with Gasteiger partial charge in [0.05, 0.1) is 6.10 Å². The lowest BCUT2D eigenvalue weighted by atomic mass is 10.1. The zero-order valence-electron chi connectivity index (χ0n) is 13.9. The number of anilines is 1. The van der Waals surface area contributed by atoms with Crippen LogP contribution in [0.1, 0.15) is 46.4 Å². The number of carbonyl (C=O) groups is 1. The summed E-state index contributed by atoms with van der Waals surface area (Å²) >= 11 is 1.54. The number of likely N-dealkylation sites (tertiary alicyclic amines) is 1. The van der Waals surface area contributed by atoms with E-state index in [9.17, 15) is 9.90 Å². The van der Waals surface area contributed by atoms with E-state index in [4.69, 9.17) is 0 Å². The van der Waals surface area contributed by atoms with Crippen molar-refractivity contribution in [2.24, 2.45) is 0 Å². The van der Waals surface area contributed by atoms with Crippen molar-refractivity contribution in [3.8, 4) is 0 Å².